The second-order valence-electron chi connectivity index (χ2n) is 7.10. The molecule has 0 saturated carbocycles. The van der Waals surface area contributed by atoms with Gasteiger partial charge in [-0.3, -0.25) is 0 Å². The lowest BCUT2D eigenvalue weighted by Gasteiger charge is -2.35. The molecule has 0 heterocycles. The SMILES string of the molecule is Cc1ccc(S(=O)(=O)C(c2ccccc2)(c2ccccc2)c2ccccc2)cc1. The van der Waals surface area contributed by atoms with Crippen LogP contribution in [0.2, 0.25) is 0 Å². The topological polar surface area (TPSA) is 34.1 Å². The molecule has 4 aromatic rings. The molecule has 0 aliphatic rings. The molecule has 0 radical (unpaired) electrons. The van der Waals surface area contributed by atoms with E-state index in [2.05, 4.69) is 0 Å². The Labute approximate surface area is 172 Å². The molecule has 0 N–H and O–H groups in total. The molecule has 0 atom stereocenters. The highest BCUT2D eigenvalue weighted by molar-refractivity contribution is 7.92. The fourth-order valence-electron chi connectivity index (χ4n) is 3.88. The van der Waals surface area contributed by atoms with Gasteiger partial charge in [-0.2, -0.15) is 0 Å². The fraction of sp³-hybridized carbons (Fsp3) is 0.0769. The summed E-state index contributed by atoms with van der Waals surface area (Å²) in [6.45, 7) is 1.95. The number of sulfone groups is 1. The number of benzene rings is 4. The van der Waals surface area contributed by atoms with Crippen molar-refractivity contribution < 1.29 is 8.42 Å². The highest BCUT2D eigenvalue weighted by Crippen LogP contribution is 2.46. The van der Waals surface area contributed by atoms with E-state index in [1.165, 1.54) is 0 Å². The zero-order chi connectivity index (χ0) is 20.3. The Kier molecular flexibility index (Phi) is 5.08. The smallest absolute Gasteiger partial charge is 0.196 e. The summed E-state index contributed by atoms with van der Waals surface area (Å²) >= 11 is 0. The van der Waals surface area contributed by atoms with Crippen molar-refractivity contribution in [1.82, 2.24) is 0 Å². The fourth-order valence-corrected chi connectivity index (χ4v) is 6.07. The van der Waals surface area contributed by atoms with Crippen LogP contribution in [0.25, 0.3) is 0 Å². The summed E-state index contributed by atoms with van der Waals surface area (Å²) in [4.78, 5) is 0.305. The largest absolute Gasteiger partial charge is 0.222 e. The van der Waals surface area contributed by atoms with Gasteiger partial charge in [-0.05, 0) is 35.7 Å². The first kappa shape index (κ1) is 19.2. The molecule has 144 valence electrons. The summed E-state index contributed by atoms with van der Waals surface area (Å²) in [5.74, 6) is 0. The molecule has 0 spiro atoms. The van der Waals surface area contributed by atoms with Crippen molar-refractivity contribution in [2.45, 2.75) is 16.6 Å². The summed E-state index contributed by atoms with van der Waals surface area (Å²) in [6, 6.07) is 35.5. The average Bonchev–Trinajstić information content (AvgIpc) is 2.77. The van der Waals surface area contributed by atoms with Crippen LogP contribution in [0.1, 0.15) is 22.3 Å². The van der Waals surface area contributed by atoms with Crippen LogP contribution < -0.4 is 0 Å². The third kappa shape index (κ3) is 3.18. The van der Waals surface area contributed by atoms with Crippen LogP contribution in [0.3, 0.4) is 0 Å². The zero-order valence-corrected chi connectivity index (χ0v) is 17.0. The third-order valence-corrected chi connectivity index (χ3v) is 7.68. The van der Waals surface area contributed by atoms with Crippen molar-refractivity contribution in [2.24, 2.45) is 0 Å². The van der Waals surface area contributed by atoms with Gasteiger partial charge >= 0.3 is 0 Å². The first-order valence-electron chi connectivity index (χ1n) is 9.54. The Hall–Kier alpha value is -3.17. The van der Waals surface area contributed by atoms with Gasteiger partial charge in [0.2, 0.25) is 0 Å². The maximum Gasteiger partial charge on any atom is 0.196 e. The lowest BCUT2D eigenvalue weighted by molar-refractivity contribution is 0.572. The van der Waals surface area contributed by atoms with Gasteiger partial charge in [-0.25, -0.2) is 8.42 Å². The lowest BCUT2D eigenvalue weighted by atomic mass is 9.84. The lowest BCUT2D eigenvalue weighted by Crippen LogP contribution is -2.38. The standard InChI is InChI=1S/C26H22O2S/c1-21-17-19-25(20-18-21)29(27,28)26(22-11-5-2-6-12-22,23-13-7-3-8-14-23)24-15-9-4-10-16-24/h2-20H,1H3. The zero-order valence-electron chi connectivity index (χ0n) is 16.2. The molecule has 2 nitrogen and oxygen atoms in total. The van der Waals surface area contributed by atoms with Gasteiger partial charge in [0.05, 0.1) is 4.90 Å². The molecule has 29 heavy (non-hydrogen) atoms. The minimum absolute atomic E-state index is 0.305. The van der Waals surface area contributed by atoms with Gasteiger partial charge in [-0.15, -0.1) is 0 Å². The number of hydrogen-bond acceptors (Lipinski definition) is 2. The van der Waals surface area contributed by atoms with Gasteiger partial charge in [0.15, 0.2) is 14.6 Å². The van der Waals surface area contributed by atoms with E-state index in [4.69, 9.17) is 0 Å². The third-order valence-electron chi connectivity index (χ3n) is 5.28. The monoisotopic (exact) mass is 398 g/mol. The van der Waals surface area contributed by atoms with E-state index in [-0.39, 0.29) is 0 Å². The Balaban J connectivity index is 2.15. The highest BCUT2D eigenvalue weighted by atomic mass is 32.2. The van der Waals surface area contributed by atoms with Crippen LogP contribution in [-0.4, -0.2) is 8.42 Å². The van der Waals surface area contributed by atoms with Crippen LogP contribution in [-0.2, 0) is 14.6 Å². The molecule has 3 heteroatoms. The predicted molar refractivity (Wildman–Crippen MR) is 118 cm³/mol. The summed E-state index contributed by atoms with van der Waals surface area (Å²) in [6.07, 6.45) is 0. The van der Waals surface area contributed by atoms with Crippen molar-refractivity contribution in [3.8, 4) is 0 Å². The second-order valence-corrected chi connectivity index (χ2v) is 9.19. The van der Waals surface area contributed by atoms with E-state index < -0.39 is 14.6 Å². The minimum atomic E-state index is -3.84. The van der Waals surface area contributed by atoms with Crippen molar-refractivity contribution in [2.75, 3.05) is 0 Å². The minimum Gasteiger partial charge on any atom is -0.222 e. The quantitative estimate of drug-likeness (QED) is 0.401. The van der Waals surface area contributed by atoms with Gasteiger partial charge in [-0.1, -0.05) is 109 Å². The summed E-state index contributed by atoms with van der Waals surface area (Å²) in [5.41, 5.74) is 3.18. The van der Waals surface area contributed by atoms with Crippen LogP contribution in [0.4, 0.5) is 0 Å². The predicted octanol–water partition coefficient (Wildman–Crippen LogP) is 5.76. The van der Waals surface area contributed by atoms with E-state index in [9.17, 15) is 8.42 Å². The first-order valence-corrected chi connectivity index (χ1v) is 11.0. The maximum atomic E-state index is 14.4. The molecule has 0 aliphatic carbocycles. The molecule has 0 amide bonds. The molecule has 4 rings (SSSR count). The van der Waals surface area contributed by atoms with Crippen molar-refractivity contribution in [3.63, 3.8) is 0 Å². The van der Waals surface area contributed by atoms with Crippen molar-refractivity contribution in [1.29, 1.82) is 0 Å². The molecule has 0 fully saturated rings. The van der Waals surface area contributed by atoms with E-state index in [0.29, 0.717) is 4.90 Å². The summed E-state index contributed by atoms with van der Waals surface area (Å²) in [7, 11) is -3.84. The van der Waals surface area contributed by atoms with Gasteiger partial charge in [0, 0.05) is 0 Å². The van der Waals surface area contributed by atoms with Crippen molar-refractivity contribution in [3.05, 3.63) is 138 Å². The van der Waals surface area contributed by atoms with E-state index in [0.717, 1.165) is 22.3 Å². The van der Waals surface area contributed by atoms with Crippen LogP contribution in [0.15, 0.2) is 120 Å². The Morgan fingerprint density at radius 2 is 0.862 bits per heavy atom. The second kappa shape index (κ2) is 7.69. The molecule has 0 saturated heterocycles. The van der Waals surface area contributed by atoms with Gasteiger partial charge in [0.1, 0.15) is 0 Å². The maximum absolute atomic E-state index is 14.4. The van der Waals surface area contributed by atoms with E-state index in [1.807, 2.05) is 110 Å². The molecule has 0 unspecified atom stereocenters. The molecular weight excluding hydrogens is 376 g/mol. The van der Waals surface area contributed by atoms with Gasteiger partial charge < -0.3 is 0 Å². The first-order chi connectivity index (χ1) is 14.1. The molecule has 4 aromatic carbocycles. The molecule has 0 aliphatic heterocycles. The molecule has 0 aromatic heterocycles. The Bertz CT molecular complexity index is 1090. The number of aryl methyl sites for hydroxylation is 1. The van der Waals surface area contributed by atoms with E-state index in [1.54, 1.807) is 12.1 Å². The van der Waals surface area contributed by atoms with Crippen LogP contribution in [0, 0.1) is 6.92 Å². The Morgan fingerprint density at radius 1 is 0.517 bits per heavy atom. The van der Waals surface area contributed by atoms with E-state index >= 15 is 0 Å². The molecular formula is C26H22O2S. The number of rotatable bonds is 5. The number of hydrogen-bond donors (Lipinski definition) is 0. The average molecular weight is 399 g/mol. The highest BCUT2D eigenvalue weighted by Gasteiger charge is 2.49. The Morgan fingerprint density at radius 3 is 1.21 bits per heavy atom. The molecule has 0 bridgehead atoms. The van der Waals surface area contributed by atoms with Crippen LogP contribution >= 0.6 is 0 Å². The summed E-state index contributed by atoms with van der Waals surface area (Å²) < 4.78 is 27.4. The van der Waals surface area contributed by atoms with Crippen LogP contribution in [0.5, 0.6) is 0 Å². The summed E-state index contributed by atoms with van der Waals surface area (Å²) in [5, 5.41) is 0. The van der Waals surface area contributed by atoms with Gasteiger partial charge in [0.25, 0.3) is 0 Å². The van der Waals surface area contributed by atoms with Crippen molar-refractivity contribution >= 4 is 9.84 Å². The normalized spacial score (nSPS) is 11.9.